The van der Waals surface area contributed by atoms with Gasteiger partial charge in [0.05, 0.1) is 33.0 Å². The topological polar surface area (TPSA) is 39.7 Å². The van der Waals surface area contributed by atoms with Crippen LogP contribution in [0.4, 0.5) is 0 Å². The largest absolute Gasteiger partial charge is 0.382 e. The molecule has 0 aliphatic heterocycles. The third-order valence-corrected chi connectivity index (χ3v) is 3.67. The Morgan fingerprint density at radius 1 is 0.895 bits per heavy atom. The van der Waals surface area contributed by atoms with Crippen molar-refractivity contribution in [2.24, 2.45) is 5.92 Å². The van der Waals surface area contributed by atoms with Crippen LogP contribution in [0, 0.1) is 5.92 Å². The zero-order valence-corrected chi connectivity index (χ0v) is 12.5. The van der Waals surface area contributed by atoms with Crippen LogP contribution in [0.5, 0.6) is 0 Å². The van der Waals surface area contributed by atoms with Crippen LogP contribution in [0.15, 0.2) is 0 Å². The molecule has 1 aliphatic rings. The third-order valence-electron chi connectivity index (χ3n) is 3.67. The van der Waals surface area contributed by atoms with Gasteiger partial charge < -0.3 is 19.5 Å². The lowest BCUT2D eigenvalue weighted by Gasteiger charge is -2.09. The van der Waals surface area contributed by atoms with E-state index in [0.29, 0.717) is 26.4 Å². The fourth-order valence-corrected chi connectivity index (χ4v) is 2.55. The highest BCUT2D eigenvalue weighted by molar-refractivity contribution is 4.67. The smallest absolute Gasteiger partial charge is 0.0701 e. The van der Waals surface area contributed by atoms with Crippen LogP contribution in [0.3, 0.4) is 0 Å². The lowest BCUT2D eigenvalue weighted by atomic mass is 10.0. The van der Waals surface area contributed by atoms with Crippen LogP contribution in [0.2, 0.25) is 0 Å². The maximum atomic E-state index is 5.47. The zero-order chi connectivity index (χ0) is 13.6. The van der Waals surface area contributed by atoms with Gasteiger partial charge in [-0.25, -0.2) is 0 Å². The summed E-state index contributed by atoms with van der Waals surface area (Å²) in [7, 11) is 1.68. The number of ether oxygens (including phenoxy) is 3. The molecule has 0 heterocycles. The van der Waals surface area contributed by atoms with Crippen LogP contribution in [-0.2, 0) is 14.2 Å². The van der Waals surface area contributed by atoms with Gasteiger partial charge in [0, 0.05) is 13.7 Å². The Labute approximate surface area is 118 Å². The predicted octanol–water partition coefficient (Wildman–Crippen LogP) is 2.23. The van der Waals surface area contributed by atoms with E-state index in [9.17, 15) is 0 Å². The van der Waals surface area contributed by atoms with Gasteiger partial charge in [0.15, 0.2) is 0 Å². The molecule has 0 aromatic rings. The summed E-state index contributed by atoms with van der Waals surface area (Å²) >= 11 is 0. The summed E-state index contributed by atoms with van der Waals surface area (Å²) < 4.78 is 15.7. The van der Waals surface area contributed by atoms with Gasteiger partial charge in [0.1, 0.15) is 0 Å². The maximum Gasteiger partial charge on any atom is 0.0701 e. The zero-order valence-electron chi connectivity index (χ0n) is 12.5. The van der Waals surface area contributed by atoms with Crippen molar-refractivity contribution in [3.63, 3.8) is 0 Å². The minimum absolute atomic E-state index is 0.652. The van der Waals surface area contributed by atoms with Gasteiger partial charge >= 0.3 is 0 Å². The second-order valence-corrected chi connectivity index (χ2v) is 5.26. The van der Waals surface area contributed by atoms with Crippen molar-refractivity contribution in [3.05, 3.63) is 0 Å². The Hall–Kier alpha value is -0.160. The van der Waals surface area contributed by atoms with Crippen LogP contribution in [0.1, 0.15) is 38.5 Å². The molecule has 0 radical (unpaired) electrons. The van der Waals surface area contributed by atoms with Crippen LogP contribution < -0.4 is 5.32 Å². The van der Waals surface area contributed by atoms with Crippen LogP contribution in [-0.4, -0.2) is 53.2 Å². The molecule has 114 valence electrons. The molecule has 0 aromatic carbocycles. The molecule has 4 heteroatoms. The molecule has 0 saturated heterocycles. The van der Waals surface area contributed by atoms with Gasteiger partial charge in [0.2, 0.25) is 0 Å². The van der Waals surface area contributed by atoms with E-state index in [-0.39, 0.29) is 0 Å². The molecule has 0 bridgehead atoms. The van der Waals surface area contributed by atoms with Crippen molar-refractivity contribution in [3.8, 4) is 0 Å². The van der Waals surface area contributed by atoms with Gasteiger partial charge in [-0.05, 0) is 25.3 Å². The maximum absolute atomic E-state index is 5.47. The van der Waals surface area contributed by atoms with Gasteiger partial charge in [-0.3, -0.25) is 0 Å². The van der Waals surface area contributed by atoms with Gasteiger partial charge in [-0.2, -0.15) is 0 Å². The van der Waals surface area contributed by atoms with Crippen molar-refractivity contribution in [2.45, 2.75) is 38.5 Å². The highest BCUT2D eigenvalue weighted by Gasteiger charge is 2.13. The van der Waals surface area contributed by atoms with Crippen molar-refractivity contribution in [1.29, 1.82) is 0 Å². The van der Waals surface area contributed by atoms with E-state index in [2.05, 4.69) is 5.32 Å². The minimum atomic E-state index is 0.652. The fraction of sp³-hybridized carbons (Fsp3) is 1.00. The number of methoxy groups -OCH3 is 1. The van der Waals surface area contributed by atoms with Gasteiger partial charge in [-0.15, -0.1) is 0 Å². The van der Waals surface area contributed by atoms with Crippen molar-refractivity contribution >= 4 is 0 Å². The van der Waals surface area contributed by atoms with E-state index < -0.39 is 0 Å². The summed E-state index contributed by atoms with van der Waals surface area (Å²) in [6.45, 7) is 5.49. The van der Waals surface area contributed by atoms with Gasteiger partial charge in [0.25, 0.3) is 0 Å². The standard InChI is InChI=1S/C15H31NO3/c1-17-11-12-19-14-13-18-10-9-16-8-4-7-15-5-2-3-6-15/h15-16H,2-14H2,1H3. The SMILES string of the molecule is COCCOCCOCCNCCCC1CCCC1. The molecule has 0 spiro atoms. The third kappa shape index (κ3) is 10.3. The Morgan fingerprint density at radius 2 is 1.58 bits per heavy atom. The first kappa shape index (κ1) is 16.9. The van der Waals surface area contributed by atoms with Crippen molar-refractivity contribution in [1.82, 2.24) is 5.32 Å². The van der Waals surface area contributed by atoms with Crippen LogP contribution >= 0.6 is 0 Å². The first-order chi connectivity index (χ1) is 9.43. The summed E-state index contributed by atoms with van der Waals surface area (Å²) in [6.07, 6.45) is 8.56. The number of hydrogen-bond donors (Lipinski definition) is 1. The highest BCUT2D eigenvalue weighted by Crippen LogP contribution is 2.28. The van der Waals surface area contributed by atoms with Crippen molar-refractivity contribution < 1.29 is 14.2 Å². The average Bonchev–Trinajstić information content (AvgIpc) is 2.93. The molecule has 1 saturated carbocycles. The predicted molar refractivity (Wildman–Crippen MR) is 77.6 cm³/mol. The van der Waals surface area contributed by atoms with E-state index in [1.807, 2.05) is 0 Å². The Kier molecular flexibility index (Phi) is 11.4. The Morgan fingerprint density at radius 3 is 2.32 bits per heavy atom. The highest BCUT2D eigenvalue weighted by atomic mass is 16.5. The number of nitrogens with one attached hydrogen (secondary N) is 1. The fourth-order valence-electron chi connectivity index (χ4n) is 2.55. The molecule has 1 aliphatic carbocycles. The van der Waals surface area contributed by atoms with E-state index in [0.717, 1.165) is 25.6 Å². The Bertz CT molecular complexity index is 184. The average molecular weight is 273 g/mol. The number of rotatable bonds is 13. The molecule has 19 heavy (non-hydrogen) atoms. The molecule has 0 amide bonds. The first-order valence-electron chi connectivity index (χ1n) is 7.78. The Balaban J connectivity index is 1.67. The van der Waals surface area contributed by atoms with E-state index >= 15 is 0 Å². The second-order valence-electron chi connectivity index (χ2n) is 5.26. The molecular formula is C15H31NO3. The lowest BCUT2D eigenvalue weighted by molar-refractivity contribution is 0.0256. The summed E-state index contributed by atoms with van der Waals surface area (Å²) in [6, 6.07) is 0. The van der Waals surface area contributed by atoms with Crippen LogP contribution in [0.25, 0.3) is 0 Å². The molecule has 1 N–H and O–H groups in total. The molecular weight excluding hydrogens is 242 g/mol. The molecule has 0 unspecified atom stereocenters. The normalized spacial score (nSPS) is 16.3. The van der Waals surface area contributed by atoms with E-state index in [1.54, 1.807) is 7.11 Å². The molecule has 1 rings (SSSR count). The second kappa shape index (κ2) is 12.9. The summed E-state index contributed by atoms with van der Waals surface area (Å²) in [5.74, 6) is 1.02. The molecule has 0 aromatic heterocycles. The molecule has 1 fully saturated rings. The first-order valence-corrected chi connectivity index (χ1v) is 7.78. The minimum Gasteiger partial charge on any atom is -0.382 e. The summed E-state index contributed by atoms with van der Waals surface area (Å²) in [5.41, 5.74) is 0. The quantitative estimate of drug-likeness (QED) is 0.522. The number of hydrogen-bond acceptors (Lipinski definition) is 4. The molecule has 0 atom stereocenters. The van der Waals surface area contributed by atoms with Gasteiger partial charge in [-0.1, -0.05) is 25.7 Å². The monoisotopic (exact) mass is 273 g/mol. The van der Waals surface area contributed by atoms with E-state index in [1.165, 1.54) is 38.5 Å². The lowest BCUT2D eigenvalue weighted by Crippen LogP contribution is -2.22. The van der Waals surface area contributed by atoms with E-state index in [4.69, 9.17) is 14.2 Å². The van der Waals surface area contributed by atoms with Crippen molar-refractivity contribution in [2.75, 3.05) is 53.2 Å². The molecule has 4 nitrogen and oxygen atoms in total. The summed E-state index contributed by atoms with van der Waals surface area (Å²) in [5, 5.41) is 3.43. The summed E-state index contributed by atoms with van der Waals surface area (Å²) in [4.78, 5) is 0.